The predicted octanol–water partition coefficient (Wildman–Crippen LogP) is -0.260. The van der Waals surface area contributed by atoms with Gasteiger partial charge < -0.3 is 9.57 Å². The lowest BCUT2D eigenvalue weighted by molar-refractivity contribution is -0.0209. The number of hydrogen-bond donors (Lipinski definition) is 1. The second-order valence-corrected chi connectivity index (χ2v) is 3.53. The highest BCUT2D eigenvalue weighted by atomic mass is 16.6. The monoisotopic (exact) mass is 172 g/mol. The third-order valence-electron chi connectivity index (χ3n) is 2.86. The van der Waals surface area contributed by atoms with Crippen LogP contribution in [0, 0.1) is 0 Å². The van der Waals surface area contributed by atoms with Crippen molar-refractivity contribution in [1.29, 1.82) is 0 Å². The first-order valence-corrected chi connectivity index (χ1v) is 4.57. The minimum Gasteiger partial charge on any atom is -0.378 e. The van der Waals surface area contributed by atoms with Gasteiger partial charge in [0.05, 0.1) is 19.8 Å². The molecule has 0 saturated carbocycles. The first kappa shape index (κ1) is 8.44. The van der Waals surface area contributed by atoms with Gasteiger partial charge in [-0.2, -0.15) is 0 Å². The second-order valence-electron chi connectivity index (χ2n) is 3.53. The lowest BCUT2D eigenvalue weighted by atomic mass is 10.2. The molecule has 2 fully saturated rings. The van der Waals surface area contributed by atoms with Crippen molar-refractivity contribution in [3.05, 3.63) is 0 Å². The first-order valence-electron chi connectivity index (χ1n) is 4.57. The highest BCUT2D eigenvalue weighted by Crippen LogP contribution is 2.26. The van der Waals surface area contributed by atoms with Gasteiger partial charge in [-0.25, -0.2) is 5.90 Å². The second kappa shape index (κ2) is 3.70. The fourth-order valence-corrected chi connectivity index (χ4v) is 2.24. The Morgan fingerprint density at radius 1 is 1.50 bits per heavy atom. The van der Waals surface area contributed by atoms with Gasteiger partial charge in [0.1, 0.15) is 0 Å². The van der Waals surface area contributed by atoms with Crippen LogP contribution in [0.3, 0.4) is 0 Å². The van der Waals surface area contributed by atoms with Crippen molar-refractivity contribution >= 4 is 0 Å². The minimum atomic E-state index is 0.531. The van der Waals surface area contributed by atoms with E-state index in [1.807, 2.05) is 0 Å². The maximum Gasteiger partial charge on any atom is 0.0834 e. The van der Waals surface area contributed by atoms with Gasteiger partial charge in [0.2, 0.25) is 0 Å². The highest BCUT2D eigenvalue weighted by Gasteiger charge is 2.35. The summed E-state index contributed by atoms with van der Waals surface area (Å²) < 4.78 is 5.40. The number of nitrogens with two attached hydrogens (primary N) is 1. The molecular formula is C8H16N2O2. The standard InChI is InChI=1S/C8H16N2O2/c9-12-6-8-2-1-7-5-11-4-3-10(7)8/h7-8H,1-6,9H2. The van der Waals surface area contributed by atoms with E-state index in [1.54, 1.807) is 0 Å². The van der Waals surface area contributed by atoms with E-state index in [0.717, 1.165) is 19.8 Å². The van der Waals surface area contributed by atoms with Crippen LogP contribution in [0.2, 0.25) is 0 Å². The summed E-state index contributed by atoms with van der Waals surface area (Å²) >= 11 is 0. The van der Waals surface area contributed by atoms with Crippen LogP contribution in [-0.2, 0) is 9.57 Å². The summed E-state index contributed by atoms with van der Waals surface area (Å²) in [6.07, 6.45) is 2.43. The molecule has 0 amide bonds. The van der Waals surface area contributed by atoms with Crippen molar-refractivity contribution in [2.75, 3.05) is 26.4 Å². The molecule has 2 N–H and O–H groups in total. The van der Waals surface area contributed by atoms with Crippen LogP contribution in [0.5, 0.6) is 0 Å². The molecule has 0 radical (unpaired) electrons. The van der Waals surface area contributed by atoms with E-state index in [9.17, 15) is 0 Å². The van der Waals surface area contributed by atoms with Crippen molar-refractivity contribution in [1.82, 2.24) is 4.90 Å². The van der Waals surface area contributed by atoms with Crippen molar-refractivity contribution in [3.63, 3.8) is 0 Å². The predicted molar refractivity (Wildman–Crippen MR) is 44.5 cm³/mol. The van der Waals surface area contributed by atoms with Crippen molar-refractivity contribution < 1.29 is 9.57 Å². The third kappa shape index (κ3) is 1.47. The largest absolute Gasteiger partial charge is 0.378 e. The van der Waals surface area contributed by atoms with E-state index in [1.165, 1.54) is 12.8 Å². The van der Waals surface area contributed by atoms with Gasteiger partial charge in [-0.15, -0.1) is 0 Å². The molecule has 2 atom stereocenters. The van der Waals surface area contributed by atoms with E-state index < -0.39 is 0 Å². The molecule has 2 saturated heterocycles. The Bertz CT molecular complexity index is 154. The molecule has 70 valence electrons. The van der Waals surface area contributed by atoms with E-state index >= 15 is 0 Å². The Kier molecular flexibility index (Phi) is 2.60. The van der Waals surface area contributed by atoms with Crippen molar-refractivity contribution in [2.45, 2.75) is 24.9 Å². The summed E-state index contributed by atoms with van der Waals surface area (Å²) in [6, 6.07) is 1.16. The summed E-state index contributed by atoms with van der Waals surface area (Å²) in [7, 11) is 0. The van der Waals surface area contributed by atoms with Crippen LogP contribution in [0.1, 0.15) is 12.8 Å². The number of fused-ring (bicyclic) bond motifs is 1. The fraction of sp³-hybridized carbons (Fsp3) is 1.00. The maximum atomic E-state index is 5.40. The molecule has 2 aliphatic rings. The fourth-order valence-electron chi connectivity index (χ4n) is 2.24. The summed E-state index contributed by atoms with van der Waals surface area (Å²) in [5, 5.41) is 0. The number of morpholine rings is 1. The smallest absolute Gasteiger partial charge is 0.0834 e. The Morgan fingerprint density at radius 3 is 3.25 bits per heavy atom. The normalized spacial score (nSPS) is 36.8. The molecule has 0 bridgehead atoms. The third-order valence-corrected chi connectivity index (χ3v) is 2.86. The molecule has 2 aliphatic heterocycles. The minimum absolute atomic E-state index is 0.531. The average molecular weight is 172 g/mol. The Hall–Kier alpha value is -0.160. The van der Waals surface area contributed by atoms with E-state index in [2.05, 4.69) is 4.90 Å². The zero-order chi connectivity index (χ0) is 8.39. The summed E-state index contributed by atoms with van der Waals surface area (Å²) in [5.74, 6) is 5.07. The molecule has 0 aromatic heterocycles. The van der Waals surface area contributed by atoms with Crippen LogP contribution < -0.4 is 5.90 Å². The zero-order valence-corrected chi connectivity index (χ0v) is 7.24. The molecule has 4 heteroatoms. The highest BCUT2D eigenvalue weighted by molar-refractivity contribution is 4.89. The van der Waals surface area contributed by atoms with Crippen LogP contribution in [0.4, 0.5) is 0 Å². The van der Waals surface area contributed by atoms with Crippen LogP contribution in [-0.4, -0.2) is 43.3 Å². The molecule has 2 heterocycles. The van der Waals surface area contributed by atoms with Crippen molar-refractivity contribution in [2.24, 2.45) is 5.90 Å². The van der Waals surface area contributed by atoms with E-state index in [4.69, 9.17) is 15.5 Å². The molecule has 0 spiro atoms. The Morgan fingerprint density at radius 2 is 2.42 bits per heavy atom. The van der Waals surface area contributed by atoms with Gasteiger partial charge in [0.25, 0.3) is 0 Å². The molecule has 0 aliphatic carbocycles. The summed E-state index contributed by atoms with van der Waals surface area (Å²) in [5.41, 5.74) is 0. The van der Waals surface area contributed by atoms with E-state index in [0.29, 0.717) is 18.7 Å². The van der Waals surface area contributed by atoms with Gasteiger partial charge in [0.15, 0.2) is 0 Å². The molecule has 2 unspecified atom stereocenters. The zero-order valence-electron chi connectivity index (χ0n) is 7.24. The van der Waals surface area contributed by atoms with Crippen LogP contribution >= 0.6 is 0 Å². The molecular weight excluding hydrogens is 156 g/mol. The lowest BCUT2D eigenvalue weighted by Crippen LogP contribution is -2.46. The molecule has 2 rings (SSSR count). The molecule has 12 heavy (non-hydrogen) atoms. The number of nitrogens with zero attached hydrogens (tertiary/aromatic N) is 1. The molecule has 4 nitrogen and oxygen atoms in total. The SMILES string of the molecule is NOCC1CCC2COCCN12. The topological polar surface area (TPSA) is 47.7 Å². The van der Waals surface area contributed by atoms with Gasteiger partial charge in [-0.3, -0.25) is 4.90 Å². The molecule has 0 aromatic rings. The summed E-state index contributed by atoms with van der Waals surface area (Å²) in [4.78, 5) is 7.16. The quantitative estimate of drug-likeness (QED) is 0.583. The van der Waals surface area contributed by atoms with E-state index in [-0.39, 0.29) is 0 Å². The van der Waals surface area contributed by atoms with Crippen LogP contribution in [0.25, 0.3) is 0 Å². The number of rotatable bonds is 2. The number of hydrogen-bond acceptors (Lipinski definition) is 4. The maximum absolute atomic E-state index is 5.40. The lowest BCUT2D eigenvalue weighted by Gasteiger charge is -2.33. The van der Waals surface area contributed by atoms with Gasteiger partial charge in [-0.05, 0) is 12.8 Å². The molecule has 0 aromatic carbocycles. The van der Waals surface area contributed by atoms with Gasteiger partial charge >= 0.3 is 0 Å². The number of ether oxygens (including phenoxy) is 1. The Balaban J connectivity index is 1.92. The van der Waals surface area contributed by atoms with Crippen LogP contribution in [0.15, 0.2) is 0 Å². The van der Waals surface area contributed by atoms with Gasteiger partial charge in [0, 0.05) is 18.6 Å². The first-order chi connectivity index (χ1) is 5.92. The van der Waals surface area contributed by atoms with Gasteiger partial charge in [-0.1, -0.05) is 0 Å². The summed E-state index contributed by atoms with van der Waals surface area (Å²) in [6.45, 7) is 3.45. The average Bonchev–Trinajstić information content (AvgIpc) is 2.50. The van der Waals surface area contributed by atoms with Crippen molar-refractivity contribution in [3.8, 4) is 0 Å². The Labute approximate surface area is 72.6 Å².